The highest BCUT2D eigenvalue weighted by atomic mass is 35.7. The van der Waals surface area contributed by atoms with E-state index in [1.165, 1.54) is 22.3 Å². The van der Waals surface area contributed by atoms with E-state index in [2.05, 4.69) is 77.9 Å². The quantitative estimate of drug-likeness (QED) is 0.440. The zero-order valence-corrected chi connectivity index (χ0v) is 17.2. The number of hydrogen-bond donors (Lipinski definition) is 0. The highest BCUT2D eigenvalue weighted by Gasteiger charge is 2.44. The summed E-state index contributed by atoms with van der Waals surface area (Å²) in [5.41, 5.74) is 5.20. The van der Waals surface area contributed by atoms with E-state index < -0.39 is 6.69 Å². The largest absolute Gasteiger partial charge is 0.311 e. The Labute approximate surface area is 150 Å². The van der Waals surface area contributed by atoms with E-state index in [0.717, 1.165) is 10.4 Å². The molecule has 0 fully saturated rings. The van der Waals surface area contributed by atoms with Gasteiger partial charge in [0.2, 0.25) is 0 Å². The first-order chi connectivity index (χ1) is 10.4. The Hall–Kier alpha value is -0.763. The van der Waals surface area contributed by atoms with Crippen molar-refractivity contribution in [1.29, 1.82) is 0 Å². The van der Waals surface area contributed by atoms with Gasteiger partial charge in [-0.3, -0.25) is 0 Å². The summed E-state index contributed by atoms with van der Waals surface area (Å²) in [4.78, 5) is 0. The summed E-state index contributed by atoms with van der Waals surface area (Å²) < 4.78 is 0. The molecule has 1 heterocycles. The predicted molar refractivity (Wildman–Crippen MR) is 106 cm³/mol. The second-order valence-electron chi connectivity index (χ2n) is 8.60. The minimum atomic E-state index is -2.66. The van der Waals surface area contributed by atoms with Gasteiger partial charge in [-0.2, -0.15) is 0 Å². The van der Waals surface area contributed by atoms with Crippen LogP contribution in [0, 0.1) is 0 Å². The zero-order chi connectivity index (χ0) is 17.2. The number of hydrogen-bond acceptors (Lipinski definition) is 0. The summed E-state index contributed by atoms with van der Waals surface area (Å²) >= 11 is 14.0. The van der Waals surface area contributed by atoms with Crippen LogP contribution in [-0.2, 0) is 10.8 Å². The van der Waals surface area contributed by atoms with Gasteiger partial charge in [0, 0.05) is 0 Å². The Balaban J connectivity index is 2.22. The number of benzene rings is 2. The van der Waals surface area contributed by atoms with Gasteiger partial charge in [-0.15, -0.1) is 22.2 Å². The average molecular weight is 363 g/mol. The zero-order valence-electron chi connectivity index (χ0n) is 14.7. The molecule has 0 saturated heterocycles. The van der Waals surface area contributed by atoms with Gasteiger partial charge in [0.1, 0.15) is 0 Å². The monoisotopic (exact) mass is 362 g/mol. The Bertz CT molecular complexity index is 712. The molecule has 23 heavy (non-hydrogen) atoms. The molecule has 0 unspecified atom stereocenters. The number of rotatable bonds is 0. The lowest BCUT2D eigenvalue weighted by atomic mass is 9.85. The second-order valence-corrected chi connectivity index (χ2v) is 14.8. The normalized spacial score (nSPS) is 16.2. The lowest BCUT2D eigenvalue weighted by molar-refractivity contribution is 0.590. The lowest BCUT2D eigenvalue weighted by Crippen LogP contribution is -2.45. The molecule has 3 rings (SSSR count). The van der Waals surface area contributed by atoms with Crippen molar-refractivity contribution in [2.75, 3.05) is 0 Å². The summed E-state index contributed by atoms with van der Waals surface area (Å²) in [7, 11) is 0. The van der Waals surface area contributed by atoms with Crippen molar-refractivity contribution in [2.24, 2.45) is 0 Å². The summed E-state index contributed by atoms with van der Waals surface area (Å²) in [6.45, 7) is 10.7. The lowest BCUT2D eigenvalue weighted by Gasteiger charge is -2.22. The van der Waals surface area contributed by atoms with Crippen LogP contribution in [0.15, 0.2) is 36.4 Å². The van der Waals surface area contributed by atoms with Crippen LogP contribution in [0.5, 0.6) is 0 Å². The maximum Gasteiger partial charge on any atom is 0.311 e. The SMILES string of the molecule is CC(C)(C)c1ccc2c(c1)[Si](Cl)(Cl)c1cc(C(C)(C)C)ccc1-2. The predicted octanol–water partition coefficient (Wildman–Crippen LogP) is 5.30. The van der Waals surface area contributed by atoms with Crippen molar-refractivity contribution in [1.82, 2.24) is 0 Å². The van der Waals surface area contributed by atoms with Gasteiger partial charge in [0.05, 0.1) is 0 Å². The molecule has 0 aliphatic carbocycles. The molecule has 122 valence electrons. The molecule has 0 N–H and O–H groups in total. The van der Waals surface area contributed by atoms with Crippen LogP contribution < -0.4 is 10.4 Å². The molecule has 3 heteroatoms. The van der Waals surface area contributed by atoms with Gasteiger partial charge in [0.15, 0.2) is 0 Å². The fraction of sp³-hybridized carbons (Fsp3) is 0.400. The first-order valence-corrected chi connectivity index (χ1v) is 12.1. The molecule has 2 aromatic carbocycles. The molecule has 0 spiro atoms. The van der Waals surface area contributed by atoms with Gasteiger partial charge in [-0.05, 0) is 43.5 Å². The van der Waals surface area contributed by atoms with E-state index in [4.69, 9.17) is 22.2 Å². The van der Waals surface area contributed by atoms with E-state index in [-0.39, 0.29) is 10.8 Å². The topological polar surface area (TPSA) is 0 Å². The molecule has 1 aliphatic heterocycles. The van der Waals surface area contributed by atoms with Gasteiger partial charge < -0.3 is 0 Å². The maximum absolute atomic E-state index is 6.98. The second kappa shape index (κ2) is 5.11. The summed E-state index contributed by atoms with van der Waals surface area (Å²) in [5, 5.41) is 2.30. The van der Waals surface area contributed by atoms with Crippen molar-refractivity contribution < 1.29 is 0 Å². The Morgan fingerprint density at radius 2 is 1.00 bits per heavy atom. The summed E-state index contributed by atoms with van der Waals surface area (Å²) in [5.74, 6) is 0. The maximum atomic E-state index is 6.98. The van der Waals surface area contributed by atoms with Crippen molar-refractivity contribution in [2.45, 2.75) is 52.4 Å². The van der Waals surface area contributed by atoms with Crippen LogP contribution in [0.3, 0.4) is 0 Å². The molecule has 0 saturated carbocycles. The fourth-order valence-corrected chi connectivity index (χ4v) is 7.11. The highest BCUT2D eigenvalue weighted by molar-refractivity contribution is 7.57. The van der Waals surface area contributed by atoms with Crippen molar-refractivity contribution in [3.63, 3.8) is 0 Å². The smallest absolute Gasteiger partial charge is 0.134 e. The van der Waals surface area contributed by atoms with Crippen molar-refractivity contribution >= 4 is 39.2 Å². The third-order valence-electron chi connectivity index (χ3n) is 4.74. The molecular weight excluding hydrogens is 339 g/mol. The number of halogens is 2. The third-order valence-corrected chi connectivity index (χ3v) is 9.36. The van der Waals surface area contributed by atoms with E-state index in [1.54, 1.807) is 0 Å². The van der Waals surface area contributed by atoms with Gasteiger partial charge in [0.25, 0.3) is 0 Å². The first-order valence-electron chi connectivity index (χ1n) is 8.10. The standard InChI is InChI=1S/C20H24Cl2Si/c1-19(2,3)13-7-9-15-16-10-8-14(20(4,5)6)12-18(16)23(21,22)17(15)11-13/h7-12H,1-6H3. The molecule has 0 aromatic heterocycles. The molecule has 0 radical (unpaired) electrons. The number of fused-ring (bicyclic) bond motifs is 3. The molecule has 0 atom stereocenters. The van der Waals surface area contributed by atoms with E-state index >= 15 is 0 Å². The minimum Gasteiger partial charge on any atom is -0.134 e. The molecule has 0 amide bonds. The van der Waals surface area contributed by atoms with Crippen LogP contribution in [0.4, 0.5) is 0 Å². The summed E-state index contributed by atoms with van der Waals surface area (Å²) in [6.07, 6.45) is 0. The van der Waals surface area contributed by atoms with Gasteiger partial charge in [-0.25, -0.2) is 0 Å². The Kier molecular flexibility index (Phi) is 3.80. The molecule has 2 aromatic rings. The van der Waals surface area contributed by atoms with Crippen LogP contribution in [0.2, 0.25) is 0 Å². The Morgan fingerprint density at radius 1 is 0.652 bits per heavy atom. The third kappa shape index (κ3) is 2.77. The van der Waals surface area contributed by atoms with Gasteiger partial charge >= 0.3 is 6.69 Å². The molecule has 1 aliphatic rings. The van der Waals surface area contributed by atoms with E-state index in [9.17, 15) is 0 Å². The average Bonchev–Trinajstić information content (AvgIpc) is 2.65. The molecular formula is C20H24Cl2Si. The van der Waals surface area contributed by atoms with Crippen LogP contribution in [0.25, 0.3) is 11.1 Å². The Morgan fingerprint density at radius 3 is 1.30 bits per heavy atom. The van der Waals surface area contributed by atoms with Gasteiger partial charge in [-0.1, -0.05) is 77.9 Å². The van der Waals surface area contributed by atoms with Crippen LogP contribution >= 0.6 is 22.2 Å². The van der Waals surface area contributed by atoms with Crippen molar-refractivity contribution in [3.05, 3.63) is 47.5 Å². The van der Waals surface area contributed by atoms with E-state index in [0.29, 0.717) is 0 Å². The molecule has 0 bridgehead atoms. The van der Waals surface area contributed by atoms with Crippen LogP contribution in [0.1, 0.15) is 52.7 Å². The minimum absolute atomic E-state index is 0.0959. The summed E-state index contributed by atoms with van der Waals surface area (Å²) in [6, 6.07) is 13.3. The fourth-order valence-electron chi connectivity index (χ4n) is 3.16. The van der Waals surface area contributed by atoms with E-state index in [1.807, 2.05) is 0 Å². The highest BCUT2D eigenvalue weighted by Crippen LogP contribution is 2.36. The van der Waals surface area contributed by atoms with Crippen LogP contribution in [-0.4, -0.2) is 6.69 Å². The van der Waals surface area contributed by atoms with Crippen molar-refractivity contribution in [3.8, 4) is 11.1 Å². The first kappa shape index (κ1) is 17.1. The molecule has 0 nitrogen and oxygen atoms in total.